The van der Waals surface area contributed by atoms with Gasteiger partial charge in [0.2, 0.25) is 21.8 Å². The van der Waals surface area contributed by atoms with Crippen molar-refractivity contribution >= 4 is 21.8 Å². The number of amides is 2. The molecule has 2 aromatic carbocycles. The number of benzene rings is 2. The first-order chi connectivity index (χ1) is 15.1. The van der Waals surface area contributed by atoms with Crippen molar-refractivity contribution < 1.29 is 18.0 Å². The number of hydrogen-bond donors (Lipinski definition) is 1. The van der Waals surface area contributed by atoms with E-state index in [9.17, 15) is 18.0 Å². The molecular formula is C24H31N3O4S. The van der Waals surface area contributed by atoms with Gasteiger partial charge in [-0.1, -0.05) is 42.5 Å². The number of carbonyl (C=O) groups excluding carboxylic acids is 2. The van der Waals surface area contributed by atoms with Gasteiger partial charge in [0.05, 0.1) is 16.4 Å². The van der Waals surface area contributed by atoms with Gasteiger partial charge in [-0.3, -0.25) is 9.59 Å². The van der Waals surface area contributed by atoms with Gasteiger partial charge in [0.1, 0.15) is 0 Å². The number of likely N-dealkylation sites (tertiary alicyclic amines) is 1. The molecule has 1 fully saturated rings. The average Bonchev–Trinajstić information content (AvgIpc) is 2.79. The Morgan fingerprint density at radius 1 is 1.00 bits per heavy atom. The lowest BCUT2D eigenvalue weighted by Gasteiger charge is -2.41. The minimum absolute atomic E-state index is 0.0215. The van der Waals surface area contributed by atoms with Gasteiger partial charge >= 0.3 is 0 Å². The Hall–Kier alpha value is -2.71. The summed E-state index contributed by atoms with van der Waals surface area (Å²) < 4.78 is 25.8. The van der Waals surface area contributed by atoms with E-state index in [1.165, 1.54) is 18.4 Å². The predicted molar refractivity (Wildman–Crippen MR) is 123 cm³/mol. The third-order valence-corrected chi connectivity index (χ3v) is 8.16. The fourth-order valence-corrected chi connectivity index (χ4v) is 5.07. The maximum atomic E-state index is 13.6. The summed E-state index contributed by atoms with van der Waals surface area (Å²) in [4.78, 5) is 27.4. The third kappa shape index (κ3) is 4.71. The van der Waals surface area contributed by atoms with E-state index in [-0.39, 0.29) is 22.8 Å². The van der Waals surface area contributed by atoms with Gasteiger partial charge in [-0.2, -0.15) is 0 Å². The van der Waals surface area contributed by atoms with Gasteiger partial charge in [-0.25, -0.2) is 12.7 Å². The number of carbonyl (C=O) groups is 2. The molecule has 172 valence electrons. The van der Waals surface area contributed by atoms with Gasteiger partial charge < -0.3 is 10.2 Å². The van der Waals surface area contributed by atoms with Crippen molar-refractivity contribution in [1.29, 1.82) is 0 Å². The monoisotopic (exact) mass is 457 g/mol. The molecule has 0 aromatic heterocycles. The molecule has 1 aliphatic rings. The van der Waals surface area contributed by atoms with Gasteiger partial charge in [0.25, 0.3) is 0 Å². The highest BCUT2D eigenvalue weighted by molar-refractivity contribution is 7.89. The van der Waals surface area contributed by atoms with Gasteiger partial charge in [-0.15, -0.1) is 0 Å². The SMILES string of the molecule is CC(=O)N1CCC(C(=O)NC(C)c2ccc(S(=O)(=O)N(C)C)cc2)(c2ccccc2)CC1. The highest BCUT2D eigenvalue weighted by Gasteiger charge is 2.43. The number of hydrogen-bond acceptors (Lipinski definition) is 4. The molecule has 7 nitrogen and oxygen atoms in total. The lowest BCUT2D eigenvalue weighted by molar-refractivity contribution is -0.135. The van der Waals surface area contributed by atoms with Crippen LogP contribution < -0.4 is 5.32 Å². The standard InChI is InChI=1S/C24H31N3O4S/c1-18(20-10-12-22(13-11-20)32(30,31)26(3)4)25-23(29)24(21-8-6-5-7-9-21)14-16-27(17-15-24)19(2)28/h5-13,18H,14-17H2,1-4H3,(H,25,29). The average molecular weight is 458 g/mol. The number of rotatable bonds is 6. The van der Waals surface area contributed by atoms with Crippen molar-refractivity contribution in [2.24, 2.45) is 0 Å². The second kappa shape index (κ2) is 9.42. The third-order valence-electron chi connectivity index (χ3n) is 6.33. The van der Waals surface area contributed by atoms with Gasteiger partial charge in [0, 0.05) is 34.1 Å². The summed E-state index contributed by atoms with van der Waals surface area (Å²) in [5.74, 6) is -0.0578. The zero-order valence-electron chi connectivity index (χ0n) is 19.0. The molecule has 8 heteroatoms. The van der Waals surface area contributed by atoms with Crippen molar-refractivity contribution in [2.75, 3.05) is 27.2 Å². The molecule has 0 aliphatic carbocycles. The molecule has 32 heavy (non-hydrogen) atoms. The Kier molecular flexibility index (Phi) is 7.05. The number of nitrogens with zero attached hydrogens (tertiary/aromatic N) is 2. The van der Waals surface area contributed by atoms with E-state index in [4.69, 9.17) is 0 Å². The first-order valence-corrected chi connectivity index (χ1v) is 12.2. The van der Waals surface area contributed by atoms with Crippen LogP contribution in [0, 0.1) is 0 Å². The van der Waals surface area contributed by atoms with E-state index in [1.807, 2.05) is 37.3 Å². The minimum atomic E-state index is -3.50. The van der Waals surface area contributed by atoms with Crippen LogP contribution in [0.5, 0.6) is 0 Å². The molecule has 2 aromatic rings. The van der Waals surface area contributed by atoms with Crippen LogP contribution in [0.25, 0.3) is 0 Å². The Labute approximate surface area is 190 Å². The Morgan fingerprint density at radius 3 is 2.06 bits per heavy atom. The number of piperidine rings is 1. The zero-order valence-corrected chi connectivity index (χ0v) is 19.9. The van der Waals surface area contributed by atoms with E-state index in [0.29, 0.717) is 25.9 Å². The van der Waals surface area contributed by atoms with Crippen molar-refractivity contribution in [3.63, 3.8) is 0 Å². The second-order valence-corrected chi connectivity index (χ2v) is 10.7. The molecule has 1 aliphatic heterocycles. The first kappa shape index (κ1) is 23.9. The lowest BCUT2D eigenvalue weighted by atomic mass is 9.71. The van der Waals surface area contributed by atoms with Gasteiger partial charge in [0.15, 0.2) is 0 Å². The normalized spacial score (nSPS) is 17.1. The van der Waals surface area contributed by atoms with Crippen LogP contribution in [0.1, 0.15) is 43.9 Å². The smallest absolute Gasteiger partial charge is 0.242 e. The van der Waals surface area contributed by atoms with E-state index < -0.39 is 15.4 Å². The largest absolute Gasteiger partial charge is 0.349 e. The molecule has 1 saturated heterocycles. The molecule has 0 radical (unpaired) electrons. The summed E-state index contributed by atoms with van der Waals surface area (Å²) in [5.41, 5.74) is 1.05. The highest BCUT2D eigenvalue weighted by Crippen LogP contribution is 2.36. The summed E-state index contributed by atoms with van der Waals surface area (Å²) >= 11 is 0. The topological polar surface area (TPSA) is 86.8 Å². The summed E-state index contributed by atoms with van der Waals surface area (Å²) in [5, 5.41) is 3.13. The second-order valence-electron chi connectivity index (χ2n) is 8.51. The number of sulfonamides is 1. The molecule has 0 bridgehead atoms. The first-order valence-electron chi connectivity index (χ1n) is 10.7. The van der Waals surface area contributed by atoms with Crippen LogP contribution >= 0.6 is 0 Å². The van der Waals surface area contributed by atoms with E-state index in [1.54, 1.807) is 36.1 Å². The fourth-order valence-electron chi connectivity index (χ4n) is 4.16. The van der Waals surface area contributed by atoms with E-state index >= 15 is 0 Å². The van der Waals surface area contributed by atoms with Crippen LogP contribution in [0.2, 0.25) is 0 Å². The summed E-state index contributed by atoms with van der Waals surface area (Å²) in [6.45, 7) is 4.50. The van der Waals surface area contributed by atoms with Crippen molar-refractivity contribution in [3.05, 3.63) is 65.7 Å². The summed E-state index contributed by atoms with van der Waals surface area (Å²) in [6.07, 6.45) is 1.10. The number of nitrogens with one attached hydrogen (secondary N) is 1. The lowest BCUT2D eigenvalue weighted by Crippen LogP contribution is -2.52. The Morgan fingerprint density at radius 2 is 1.56 bits per heavy atom. The van der Waals surface area contributed by atoms with Crippen molar-refractivity contribution in [2.45, 2.75) is 43.0 Å². The fraction of sp³-hybridized carbons (Fsp3) is 0.417. The highest BCUT2D eigenvalue weighted by atomic mass is 32.2. The Balaban J connectivity index is 1.82. The quantitative estimate of drug-likeness (QED) is 0.723. The van der Waals surface area contributed by atoms with Crippen LogP contribution in [0.15, 0.2) is 59.5 Å². The zero-order chi connectivity index (χ0) is 23.5. The molecule has 1 atom stereocenters. The van der Waals surface area contributed by atoms with Crippen LogP contribution in [-0.4, -0.2) is 56.6 Å². The molecule has 1 unspecified atom stereocenters. The van der Waals surface area contributed by atoms with Crippen molar-refractivity contribution in [3.8, 4) is 0 Å². The molecule has 1 N–H and O–H groups in total. The Bertz CT molecular complexity index is 1060. The molecule has 0 spiro atoms. The van der Waals surface area contributed by atoms with Crippen LogP contribution in [0.3, 0.4) is 0 Å². The molecular weight excluding hydrogens is 426 g/mol. The predicted octanol–water partition coefficient (Wildman–Crippen LogP) is 2.69. The van der Waals surface area contributed by atoms with Crippen LogP contribution in [-0.2, 0) is 25.0 Å². The maximum absolute atomic E-state index is 13.6. The summed E-state index contributed by atoms with van der Waals surface area (Å²) in [7, 11) is -0.519. The van der Waals surface area contributed by atoms with Crippen molar-refractivity contribution in [1.82, 2.24) is 14.5 Å². The van der Waals surface area contributed by atoms with E-state index in [0.717, 1.165) is 11.1 Å². The maximum Gasteiger partial charge on any atom is 0.242 e. The minimum Gasteiger partial charge on any atom is -0.349 e. The van der Waals surface area contributed by atoms with Gasteiger partial charge in [-0.05, 0) is 43.0 Å². The molecule has 2 amide bonds. The molecule has 3 rings (SSSR count). The molecule has 0 saturated carbocycles. The van der Waals surface area contributed by atoms with Crippen LogP contribution in [0.4, 0.5) is 0 Å². The molecule has 1 heterocycles. The summed E-state index contributed by atoms with van der Waals surface area (Å²) in [6, 6.07) is 16.0. The van der Waals surface area contributed by atoms with E-state index in [2.05, 4.69) is 5.32 Å².